The number of amides is 1. The van der Waals surface area contributed by atoms with Gasteiger partial charge < -0.3 is 15.7 Å². The van der Waals surface area contributed by atoms with Gasteiger partial charge in [0.25, 0.3) is 5.91 Å². The number of alkyl halides is 3. The molecule has 0 aliphatic heterocycles. The van der Waals surface area contributed by atoms with Gasteiger partial charge in [-0.25, -0.2) is 4.98 Å². The van der Waals surface area contributed by atoms with Crippen LogP contribution in [-0.2, 0) is 0 Å². The van der Waals surface area contributed by atoms with Crippen LogP contribution in [0.5, 0.6) is 0 Å². The number of pyridine rings is 1. The SMILES string of the molecule is Cc1cc(-c2cnc3c(NCCC(F)(F)F)cc(C=CCO)cn23)ccc1C(=O)NC1CC1. The van der Waals surface area contributed by atoms with Crippen LogP contribution < -0.4 is 10.6 Å². The number of hydrogen-bond acceptors (Lipinski definition) is 4. The Morgan fingerprint density at radius 1 is 1.30 bits per heavy atom. The number of carbonyl (C=O) groups excluding carboxylic acids is 1. The molecule has 0 saturated heterocycles. The van der Waals surface area contributed by atoms with Crippen LogP contribution in [0.1, 0.15) is 40.7 Å². The molecule has 0 spiro atoms. The lowest BCUT2D eigenvalue weighted by atomic mass is 10.0. The first kappa shape index (κ1) is 22.8. The highest BCUT2D eigenvalue weighted by atomic mass is 19.4. The molecule has 4 rings (SSSR count). The van der Waals surface area contributed by atoms with Gasteiger partial charge in [-0.2, -0.15) is 13.2 Å². The second kappa shape index (κ2) is 9.27. The highest BCUT2D eigenvalue weighted by molar-refractivity contribution is 5.96. The van der Waals surface area contributed by atoms with Crippen molar-refractivity contribution in [3.05, 3.63) is 59.4 Å². The molecule has 2 aromatic heterocycles. The number of aromatic nitrogens is 2. The first-order chi connectivity index (χ1) is 15.7. The Balaban J connectivity index is 1.69. The van der Waals surface area contributed by atoms with Crippen molar-refractivity contribution in [2.75, 3.05) is 18.5 Å². The van der Waals surface area contributed by atoms with Gasteiger partial charge in [0.1, 0.15) is 0 Å². The van der Waals surface area contributed by atoms with Crippen molar-refractivity contribution in [3.63, 3.8) is 0 Å². The van der Waals surface area contributed by atoms with Gasteiger partial charge in [0.05, 0.1) is 30.6 Å². The monoisotopic (exact) mass is 458 g/mol. The molecule has 6 nitrogen and oxygen atoms in total. The number of nitrogens with one attached hydrogen (secondary N) is 2. The minimum atomic E-state index is -4.26. The Bertz CT molecular complexity index is 1200. The molecule has 0 atom stereocenters. The van der Waals surface area contributed by atoms with Crippen LogP contribution in [-0.4, -0.2) is 45.8 Å². The number of aliphatic hydroxyl groups excluding tert-OH is 1. The van der Waals surface area contributed by atoms with E-state index in [1.807, 2.05) is 25.3 Å². The summed E-state index contributed by atoms with van der Waals surface area (Å²) in [5, 5.41) is 14.9. The lowest BCUT2D eigenvalue weighted by Gasteiger charge is -2.13. The molecule has 1 amide bonds. The van der Waals surface area contributed by atoms with E-state index in [2.05, 4.69) is 15.6 Å². The zero-order valence-electron chi connectivity index (χ0n) is 18.1. The van der Waals surface area contributed by atoms with E-state index in [0.717, 1.165) is 29.7 Å². The molecule has 1 aliphatic rings. The number of halogens is 3. The first-order valence-corrected chi connectivity index (χ1v) is 10.8. The minimum Gasteiger partial charge on any atom is -0.392 e. The van der Waals surface area contributed by atoms with Crippen molar-refractivity contribution < 1.29 is 23.1 Å². The fourth-order valence-corrected chi connectivity index (χ4v) is 3.64. The predicted octanol–water partition coefficient (Wildman–Crippen LogP) is 4.57. The summed E-state index contributed by atoms with van der Waals surface area (Å²) in [6, 6.07) is 7.48. The topological polar surface area (TPSA) is 78.7 Å². The van der Waals surface area contributed by atoms with E-state index in [9.17, 15) is 18.0 Å². The Labute approximate surface area is 189 Å². The van der Waals surface area contributed by atoms with Gasteiger partial charge in [-0.05, 0) is 49.1 Å². The van der Waals surface area contributed by atoms with Crippen molar-refractivity contribution in [1.29, 1.82) is 0 Å². The molecule has 0 bridgehead atoms. The molecule has 174 valence electrons. The van der Waals surface area contributed by atoms with Crippen LogP contribution >= 0.6 is 0 Å². The smallest absolute Gasteiger partial charge is 0.390 e. The summed E-state index contributed by atoms with van der Waals surface area (Å²) in [6.07, 6.45) is 3.50. The van der Waals surface area contributed by atoms with Crippen molar-refractivity contribution >= 4 is 23.3 Å². The number of rotatable bonds is 8. The molecule has 3 aromatic rings. The maximum absolute atomic E-state index is 12.6. The fourth-order valence-electron chi connectivity index (χ4n) is 3.64. The van der Waals surface area contributed by atoms with E-state index in [-0.39, 0.29) is 25.1 Å². The highest BCUT2D eigenvalue weighted by Gasteiger charge is 2.26. The van der Waals surface area contributed by atoms with Gasteiger partial charge in [-0.3, -0.25) is 9.20 Å². The van der Waals surface area contributed by atoms with Crippen molar-refractivity contribution in [2.24, 2.45) is 0 Å². The number of aliphatic hydroxyl groups is 1. The van der Waals surface area contributed by atoms with E-state index < -0.39 is 12.6 Å². The van der Waals surface area contributed by atoms with E-state index >= 15 is 0 Å². The number of nitrogens with zero attached hydrogens (tertiary/aromatic N) is 2. The van der Waals surface area contributed by atoms with Crippen LogP contribution in [0.4, 0.5) is 18.9 Å². The zero-order valence-corrected chi connectivity index (χ0v) is 18.1. The molecule has 0 unspecified atom stereocenters. The normalized spacial score (nSPS) is 14.2. The second-order valence-corrected chi connectivity index (χ2v) is 8.18. The van der Waals surface area contributed by atoms with Gasteiger partial charge in [0, 0.05) is 29.9 Å². The maximum Gasteiger partial charge on any atom is 0.390 e. The third-order valence-corrected chi connectivity index (χ3v) is 5.45. The summed E-state index contributed by atoms with van der Waals surface area (Å²) in [5.74, 6) is -0.0905. The summed E-state index contributed by atoms with van der Waals surface area (Å²) in [7, 11) is 0. The molecule has 1 saturated carbocycles. The summed E-state index contributed by atoms with van der Waals surface area (Å²) in [6.45, 7) is 1.43. The quantitative estimate of drug-likeness (QED) is 0.462. The lowest BCUT2D eigenvalue weighted by molar-refractivity contribution is -0.131. The van der Waals surface area contributed by atoms with Gasteiger partial charge in [-0.1, -0.05) is 18.2 Å². The fraction of sp³-hybridized carbons (Fsp3) is 0.333. The summed E-state index contributed by atoms with van der Waals surface area (Å²) < 4.78 is 39.6. The number of imidazole rings is 1. The van der Waals surface area contributed by atoms with Gasteiger partial charge in [0.15, 0.2) is 5.65 Å². The number of carbonyl (C=O) groups is 1. The second-order valence-electron chi connectivity index (χ2n) is 8.18. The van der Waals surface area contributed by atoms with Crippen molar-refractivity contribution in [3.8, 4) is 11.3 Å². The van der Waals surface area contributed by atoms with Crippen LogP contribution in [0.25, 0.3) is 23.0 Å². The Morgan fingerprint density at radius 3 is 2.76 bits per heavy atom. The van der Waals surface area contributed by atoms with Crippen LogP contribution in [0, 0.1) is 6.92 Å². The summed E-state index contributed by atoms with van der Waals surface area (Å²) in [5.41, 5.74) is 4.64. The summed E-state index contributed by atoms with van der Waals surface area (Å²) >= 11 is 0. The molecule has 1 aliphatic carbocycles. The molecule has 2 heterocycles. The number of aryl methyl sites for hydroxylation is 1. The van der Waals surface area contributed by atoms with Crippen molar-refractivity contribution in [2.45, 2.75) is 38.4 Å². The molecule has 9 heteroatoms. The van der Waals surface area contributed by atoms with Gasteiger partial charge in [0.2, 0.25) is 0 Å². The molecule has 1 aromatic carbocycles. The van der Waals surface area contributed by atoms with E-state index in [0.29, 0.717) is 22.5 Å². The third kappa shape index (κ3) is 5.54. The summed E-state index contributed by atoms with van der Waals surface area (Å²) in [4.78, 5) is 16.9. The maximum atomic E-state index is 12.6. The number of benzene rings is 1. The van der Waals surface area contributed by atoms with Crippen LogP contribution in [0.15, 0.2) is 42.7 Å². The Hall–Kier alpha value is -3.33. The van der Waals surface area contributed by atoms with Gasteiger partial charge >= 0.3 is 6.18 Å². The lowest BCUT2D eigenvalue weighted by Crippen LogP contribution is -2.26. The minimum absolute atomic E-state index is 0.0905. The molecular weight excluding hydrogens is 433 g/mol. The molecule has 33 heavy (non-hydrogen) atoms. The van der Waals surface area contributed by atoms with Crippen molar-refractivity contribution in [1.82, 2.24) is 14.7 Å². The first-order valence-electron chi connectivity index (χ1n) is 10.8. The number of hydrogen-bond donors (Lipinski definition) is 3. The number of anilines is 1. The average molecular weight is 458 g/mol. The standard InChI is InChI=1S/C24H25F3N4O2/c1-15-11-17(4-7-19(15)23(33)30-18-5-6-18)21-13-29-22-20(28-9-8-24(25,26)27)12-16(3-2-10-32)14-31(21)22/h2-4,7,11-14,18,28,32H,5-6,8-10H2,1H3,(H,30,33). The largest absolute Gasteiger partial charge is 0.392 e. The van der Waals surface area contributed by atoms with E-state index in [1.54, 1.807) is 34.9 Å². The molecule has 3 N–H and O–H groups in total. The van der Waals surface area contributed by atoms with Gasteiger partial charge in [-0.15, -0.1) is 0 Å². The third-order valence-electron chi connectivity index (χ3n) is 5.45. The number of fused-ring (bicyclic) bond motifs is 1. The molecule has 0 radical (unpaired) electrons. The Morgan fingerprint density at radius 2 is 2.09 bits per heavy atom. The van der Waals surface area contributed by atoms with E-state index in [1.165, 1.54) is 0 Å². The average Bonchev–Trinajstić information content (AvgIpc) is 3.46. The Kier molecular flexibility index (Phi) is 6.42. The molecular formula is C24H25F3N4O2. The zero-order chi connectivity index (χ0) is 23.6. The van der Waals surface area contributed by atoms with Crippen LogP contribution in [0.2, 0.25) is 0 Å². The van der Waals surface area contributed by atoms with E-state index in [4.69, 9.17) is 5.11 Å². The predicted molar refractivity (Wildman–Crippen MR) is 121 cm³/mol. The molecule has 1 fully saturated rings. The highest BCUT2D eigenvalue weighted by Crippen LogP contribution is 2.29. The van der Waals surface area contributed by atoms with Crippen LogP contribution in [0.3, 0.4) is 0 Å².